The second kappa shape index (κ2) is 8.97. The predicted octanol–water partition coefficient (Wildman–Crippen LogP) is 4.62. The van der Waals surface area contributed by atoms with E-state index in [1.807, 2.05) is 12.1 Å². The molecule has 0 fully saturated rings. The molecule has 6 heteroatoms. The molecule has 0 aliphatic heterocycles. The maximum Gasteiger partial charge on any atom is 0.230 e. The summed E-state index contributed by atoms with van der Waals surface area (Å²) in [4.78, 5) is 12.0. The monoisotopic (exact) mass is 395 g/mol. The Bertz CT molecular complexity index is 972. The minimum Gasteiger partial charge on any atom is -0.351 e. The minimum atomic E-state index is -0.288. The molecule has 1 aromatic heterocycles. The number of carbonyl (C=O) groups excluding carboxylic acids is 1. The Morgan fingerprint density at radius 2 is 1.68 bits per heavy atom. The van der Waals surface area contributed by atoms with Crippen LogP contribution in [0.4, 0.5) is 4.39 Å². The second-order valence-electron chi connectivity index (χ2n) is 6.70. The fourth-order valence-corrected chi connectivity index (χ4v) is 3.41. The van der Waals surface area contributed by atoms with Gasteiger partial charge in [-0.3, -0.25) is 4.79 Å². The first-order chi connectivity index (χ1) is 13.4. The number of hydrogen-bond acceptors (Lipinski definition) is 4. The van der Waals surface area contributed by atoms with E-state index in [9.17, 15) is 9.18 Å². The van der Waals surface area contributed by atoms with Crippen LogP contribution in [0.15, 0.2) is 53.6 Å². The van der Waals surface area contributed by atoms with Gasteiger partial charge >= 0.3 is 0 Å². The summed E-state index contributed by atoms with van der Waals surface area (Å²) in [6.45, 7) is 6.62. The number of benzene rings is 2. The SMILES string of the molecule is Cc1cc(C)c(-c2ccc(SCC(=O)NCc3ccc(F)cc3)nn2)cc1C. The average molecular weight is 396 g/mol. The van der Waals surface area contributed by atoms with Gasteiger partial charge < -0.3 is 5.32 Å². The van der Waals surface area contributed by atoms with E-state index in [2.05, 4.69) is 48.4 Å². The van der Waals surface area contributed by atoms with Crippen molar-refractivity contribution < 1.29 is 9.18 Å². The molecule has 0 saturated heterocycles. The van der Waals surface area contributed by atoms with Crippen molar-refractivity contribution in [2.45, 2.75) is 32.3 Å². The number of amides is 1. The quantitative estimate of drug-likeness (QED) is 0.619. The van der Waals surface area contributed by atoms with E-state index in [0.29, 0.717) is 11.6 Å². The first kappa shape index (κ1) is 20.0. The van der Waals surface area contributed by atoms with Crippen LogP contribution in [0.5, 0.6) is 0 Å². The molecule has 1 N–H and O–H groups in total. The fourth-order valence-electron chi connectivity index (χ4n) is 2.77. The number of aryl methyl sites for hydroxylation is 3. The van der Waals surface area contributed by atoms with E-state index in [0.717, 1.165) is 22.4 Å². The van der Waals surface area contributed by atoms with Gasteiger partial charge in [-0.1, -0.05) is 30.0 Å². The van der Waals surface area contributed by atoms with Gasteiger partial charge in [0.15, 0.2) is 0 Å². The molecule has 3 aromatic rings. The average Bonchev–Trinajstić information content (AvgIpc) is 2.69. The molecule has 0 aliphatic carbocycles. The number of thioether (sulfide) groups is 1. The first-order valence-electron chi connectivity index (χ1n) is 8.98. The lowest BCUT2D eigenvalue weighted by Crippen LogP contribution is -2.24. The van der Waals surface area contributed by atoms with Gasteiger partial charge in [0.05, 0.1) is 11.4 Å². The molecule has 144 valence electrons. The summed E-state index contributed by atoms with van der Waals surface area (Å²) < 4.78 is 12.9. The molecule has 2 aromatic carbocycles. The smallest absolute Gasteiger partial charge is 0.230 e. The highest BCUT2D eigenvalue weighted by Crippen LogP contribution is 2.25. The molecule has 0 unspecified atom stereocenters. The molecule has 4 nitrogen and oxygen atoms in total. The zero-order valence-electron chi connectivity index (χ0n) is 16.1. The van der Waals surface area contributed by atoms with Crippen LogP contribution in [0.2, 0.25) is 0 Å². The van der Waals surface area contributed by atoms with E-state index >= 15 is 0 Å². The van der Waals surface area contributed by atoms with Gasteiger partial charge in [0, 0.05) is 12.1 Å². The van der Waals surface area contributed by atoms with E-state index in [1.54, 1.807) is 12.1 Å². The first-order valence-corrected chi connectivity index (χ1v) is 9.97. The zero-order chi connectivity index (χ0) is 20.1. The van der Waals surface area contributed by atoms with Crippen LogP contribution >= 0.6 is 11.8 Å². The summed E-state index contributed by atoms with van der Waals surface area (Å²) in [7, 11) is 0. The van der Waals surface area contributed by atoms with Crippen molar-refractivity contribution in [2.75, 3.05) is 5.75 Å². The highest BCUT2D eigenvalue weighted by atomic mass is 32.2. The maximum atomic E-state index is 12.9. The lowest BCUT2D eigenvalue weighted by molar-refractivity contribution is -0.118. The third-order valence-electron chi connectivity index (χ3n) is 4.51. The fraction of sp³-hybridized carbons (Fsp3) is 0.227. The van der Waals surface area contributed by atoms with E-state index < -0.39 is 0 Å². The normalized spacial score (nSPS) is 10.7. The van der Waals surface area contributed by atoms with E-state index in [-0.39, 0.29) is 17.5 Å². The summed E-state index contributed by atoms with van der Waals surface area (Å²) in [6, 6.07) is 14.2. The lowest BCUT2D eigenvalue weighted by atomic mass is 9.99. The molecule has 0 radical (unpaired) electrons. The van der Waals surface area contributed by atoms with Crippen molar-refractivity contribution in [3.8, 4) is 11.3 Å². The Kier molecular flexibility index (Phi) is 6.41. The van der Waals surface area contributed by atoms with Crippen LogP contribution in [-0.4, -0.2) is 21.9 Å². The van der Waals surface area contributed by atoms with Crippen molar-refractivity contribution in [1.82, 2.24) is 15.5 Å². The maximum absolute atomic E-state index is 12.9. The Hall–Kier alpha value is -2.73. The van der Waals surface area contributed by atoms with E-state index in [4.69, 9.17) is 0 Å². The Morgan fingerprint density at radius 3 is 2.36 bits per heavy atom. The van der Waals surface area contributed by atoms with Crippen LogP contribution < -0.4 is 5.32 Å². The number of rotatable bonds is 6. The summed E-state index contributed by atoms with van der Waals surface area (Å²) >= 11 is 1.33. The molecule has 3 rings (SSSR count). The van der Waals surface area contributed by atoms with Gasteiger partial charge in [-0.2, -0.15) is 0 Å². The summed E-state index contributed by atoms with van der Waals surface area (Å²) in [5.74, 6) is -0.147. The van der Waals surface area contributed by atoms with Gasteiger partial charge in [0.2, 0.25) is 5.91 Å². The van der Waals surface area contributed by atoms with Gasteiger partial charge in [-0.25, -0.2) is 4.39 Å². The summed E-state index contributed by atoms with van der Waals surface area (Å²) in [5, 5.41) is 12.1. The number of halogens is 1. The van der Waals surface area contributed by atoms with Crippen molar-refractivity contribution in [1.29, 1.82) is 0 Å². The van der Waals surface area contributed by atoms with Crippen molar-refractivity contribution >= 4 is 17.7 Å². The number of aromatic nitrogens is 2. The zero-order valence-corrected chi connectivity index (χ0v) is 16.9. The molecule has 0 atom stereocenters. The Labute approximate surface area is 168 Å². The van der Waals surface area contributed by atoms with E-state index in [1.165, 1.54) is 35.0 Å². The third-order valence-corrected chi connectivity index (χ3v) is 5.43. The highest BCUT2D eigenvalue weighted by molar-refractivity contribution is 7.99. The van der Waals surface area contributed by atoms with Gasteiger partial charge in [0.1, 0.15) is 10.8 Å². The second-order valence-corrected chi connectivity index (χ2v) is 7.70. The van der Waals surface area contributed by atoms with Gasteiger partial charge in [-0.05, 0) is 73.4 Å². The van der Waals surface area contributed by atoms with Crippen molar-refractivity contribution in [2.24, 2.45) is 0 Å². The number of hydrogen-bond donors (Lipinski definition) is 1. The summed E-state index contributed by atoms with van der Waals surface area (Å²) in [6.07, 6.45) is 0. The molecular weight excluding hydrogens is 373 g/mol. The predicted molar refractivity (Wildman–Crippen MR) is 111 cm³/mol. The Balaban J connectivity index is 1.55. The topological polar surface area (TPSA) is 54.9 Å². The van der Waals surface area contributed by atoms with Crippen molar-refractivity contribution in [3.05, 3.63) is 76.6 Å². The lowest BCUT2D eigenvalue weighted by Gasteiger charge is -2.09. The van der Waals surface area contributed by atoms with Gasteiger partial charge in [-0.15, -0.1) is 10.2 Å². The molecule has 1 amide bonds. The standard InChI is InChI=1S/C22H22FN3OS/c1-14-10-16(3)19(11-15(14)2)20-8-9-22(26-25-20)28-13-21(27)24-12-17-4-6-18(23)7-5-17/h4-11H,12-13H2,1-3H3,(H,24,27). The molecule has 0 spiro atoms. The minimum absolute atomic E-state index is 0.106. The molecule has 1 heterocycles. The molecule has 0 saturated carbocycles. The third kappa shape index (κ3) is 5.16. The van der Waals surface area contributed by atoms with Gasteiger partial charge in [0.25, 0.3) is 0 Å². The van der Waals surface area contributed by atoms with Crippen LogP contribution in [0.25, 0.3) is 11.3 Å². The molecule has 28 heavy (non-hydrogen) atoms. The highest BCUT2D eigenvalue weighted by Gasteiger charge is 2.09. The molecule has 0 bridgehead atoms. The summed E-state index contributed by atoms with van der Waals surface area (Å²) in [5.41, 5.74) is 6.40. The number of nitrogens with zero attached hydrogens (tertiary/aromatic N) is 2. The van der Waals surface area contributed by atoms with Crippen LogP contribution in [0, 0.1) is 26.6 Å². The molecular formula is C22H22FN3OS. The molecule has 0 aliphatic rings. The largest absolute Gasteiger partial charge is 0.351 e. The van der Waals surface area contributed by atoms with Crippen molar-refractivity contribution in [3.63, 3.8) is 0 Å². The number of carbonyl (C=O) groups is 1. The van der Waals surface area contributed by atoms with Crippen LogP contribution in [-0.2, 0) is 11.3 Å². The van der Waals surface area contributed by atoms with Crippen LogP contribution in [0.1, 0.15) is 22.3 Å². The number of nitrogens with one attached hydrogen (secondary N) is 1. The van der Waals surface area contributed by atoms with Crippen LogP contribution in [0.3, 0.4) is 0 Å². The Morgan fingerprint density at radius 1 is 0.964 bits per heavy atom.